The highest BCUT2D eigenvalue weighted by Gasteiger charge is 2.00. The molecule has 0 aromatic carbocycles. The van der Waals surface area contributed by atoms with Gasteiger partial charge in [0.25, 0.3) is 0 Å². The molecule has 50 valence electrons. The number of nitriles is 1. The molecule has 1 amide bonds. The Kier molecular flexibility index (Phi) is 3.40. The van der Waals surface area contributed by atoms with Crippen LogP contribution in [0.25, 0.3) is 0 Å². The Hall–Kier alpha value is -1.08. The van der Waals surface area contributed by atoms with Gasteiger partial charge in [-0.25, -0.2) is 0 Å². The van der Waals surface area contributed by atoms with E-state index in [4.69, 9.17) is 16.7 Å². The first-order valence-corrected chi connectivity index (χ1v) is 2.60. The standard InChI is InChI=1S/C5H9N3O/c6-3-4(7)1-2-5(8)9/h4H,1-2,7H2,(H2,8,9)/t4-/m0/s1. The molecule has 0 aromatic rings. The summed E-state index contributed by atoms with van der Waals surface area (Å²) < 4.78 is 0. The van der Waals surface area contributed by atoms with Crippen molar-refractivity contribution in [2.75, 3.05) is 0 Å². The van der Waals surface area contributed by atoms with Crippen molar-refractivity contribution in [3.05, 3.63) is 0 Å². The molecule has 9 heavy (non-hydrogen) atoms. The van der Waals surface area contributed by atoms with Gasteiger partial charge in [-0.3, -0.25) is 4.79 Å². The molecule has 0 aliphatic heterocycles. The Bertz CT molecular complexity index is 138. The number of carbonyl (C=O) groups excluding carboxylic acids is 1. The molecule has 1 atom stereocenters. The van der Waals surface area contributed by atoms with Crippen LogP contribution in [-0.2, 0) is 4.79 Å². The second-order valence-corrected chi connectivity index (χ2v) is 1.74. The average molecular weight is 127 g/mol. The summed E-state index contributed by atoms with van der Waals surface area (Å²) in [5.41, 5.74) is 9.94. The third kappa shape index (κ3) is 4.78. The summed E-state index contributed by atoms with van der Waals surface area (Å²) in [7, 11) is 0. The molecule has 0 aliphatic carbocycles. The second kappa shape index (κ2) is 3.87. The normalized spacial score (nSPS) is 12.0. The Morgan fingerprint density at radius 2 is 2.33 bits per heavy atom. The summed E-state index contributed by atoms with van der Waals surface area (Å²) in [4.78, 5) is 10.1. The van der Waals surface area contributed by atoms with Crippen molar-refractivity contribution in [3.63, 3.8) is 0 Å². The number of nitrogens with two attached hydrogens (primary N) is 2. The van der Waals surface area contributed by atoms with Gasteiger partial charge in [-0.2, -0.15) is 5.26 Å². The average Bonchev–Trinajstić information content (AvgIpc) is 1.83. The molecule has 0 aromatic heterocycles. The van der Waals surface area contributed by atoms with Crippen LogP contribution in [0.5, 0.6) is 0 Å². The topological polar surface area (TPSA) is 92.9 Å². The van der Waals surface area contributed by atoms with E-state index in [1.165, 1.54) is 0 Å². The highest BCUT2D eigenvalue weighted by Crippen LogP contribution is 1.90. The van der Waals surface area contributed by atoms with Crippen molar-refractivity contribution in [1.82, 2.24) is 0 Å². The zero-order valence-corrected chi connectivity index (χ0v) is 5.00. The molecule has 4 nitrogen and oxygen atoms in total. The van der Waals surface area contributed by atoms with Crippen LogP contribution < -0.4 is 11.5 Å². The minimum absolute atomic E-state index is 0.189. The van der Waals surface area contributed by atoms with Crippen LogP contribution in [0.15, 0.2) is 0 Å². The lowest BCUT2D eigenvalue weighted by molar-refractivity contribution is -0.118. The maximum atomic E-state index is 10.1. The van der Waals surface area contributed by atoms with E-state index in [1.807, 2.05) is 0 Å². The monoisotopic (exact) mass is 127 g/mol. The number of carbonyl (C=O) groups is 1. The minimum atomic E-state index is -0.558. The van der Waals surface area contributed by atoms with Crippen LogP contribution in [0, 0.1) is 11.3 Å². The van der Waals surface area contributed by atoms with Gasteiger partial charge >= 0.3 is 0 Å². The van der Waals surface area contributed by atoms with Crippen LogP contribution in [-0.4, -0.2) is 11.9 Å². The van der Waals surface area contributed by atoms with Crippen molar-refractivity contribution < 1.29 is 4.79 Å². The first-order valence-electron chi connectivity index (χ1n) is 2.60. The van der Waals surface area contributed by atoms with Crippen LogP contribution in [0.4, 0.5) is 0 Å². The van der Waals surface area contributed by atoms with E-state index in [9.17, 15) is 4.79 Å². The molecule has 4 N–H and O–H groups in total. The summed E-state index contributed by atoms with van der Waals surface area (Å²) in [6.45, 7) is 0. The van der Waals surface area contributed by atoms with E-state index in [1.54, 1.807) is 6.07 Å². The molecule has 0 radical (unpaired) electrons. The van der Waals surface area contributed by atoms with E-state index >= 15 is 0 Å². The van der Waals surface area contributed by atoms with Crippen LogP contribution >= 0.6 is 0 Å². The first-order chi connectivity index (χ1) is 4.16. The van der Waals surface area contributed by atoms with Gasteiger partial charge in [-0.1, -0.05) is 0 Å². The zero-order valence-electron chi connectivity index (χ0n) is 5.00. The van der Waals surface area contributed by atoms with E-state index in [0.717, 1.165) is 0 Å². The zero-order chi connectivity index (χ0) is 7.28. The molecule has 0 heterocycles. The number of hydrogen-bond donors (Lipinski definition) is 2. The molecule has 0 unspecified atom stereocenters. The van der Waals surface area contributed by atoms with Gasteiger partial charge in [0, 0.05) is 6.42 Å². The molecule has 0 saturated heterocycles. The third-order valence-corrected chi connectivity index (χ3v) is 0.868. The van der Waals surface area contributed by atoms with Crippen molar-refractivity contribution in [2.45, 2.75) is 18.9 Å². The number of primary amides is 1. The predicted octanol–water partition coefficient (Wildman–Crippen LogP) is -0.897. The quantitative estimate of drug-likeness (QED) is 0.514. The van der Waals surface area contributed by atoms with Crippen LogP contribution in [0.3, 0.4) is 0 Å². The molecular formula is C5H9N3O. The molecule has 0 bridgehead atoms. The summed E-state index contributed by atoms with van der Waals surface area (Å²) in [5.74, 6) is -0.416. The van der Waals surface area contributed by atoms with Crippen molar-refractivity contribution in [1.29, 1.82) is 5.26 Å². The second-order valence-electron chi connectivity index (χ2n) is 1.74. The number of rotatable bonds is 3. The summed E-state index contributed by atoms with van der Waals surface area (Å²) in [6.07, 6.45) is 0.542. The summed E-state index contributed by atoms with van der Waals surface area (Å²) >= 11 is 0. The van der Waals surface area contributed by atoms with E-state index < -0.39 is 11.9 Å². The van der Waals surface area contributed by atoms with E-state index in [-0.39, 0.29) is 6.42 Å². The van der Waals surface area contributed by atoms with Gasteiger partial charge < -0.3 is 11.5 Å². The maximum Gasteiger partial charge on any atom is 0.217 e. The minimum Gasteiger partial charge on any atom is -0.370 e. The van der Waals surface area contributed by atoms with E-state index in [0.29, 0.717) is 6.42 Å². The van der Waals surface area contributed by atoms with Gasteiger partial charge in [0.1, 0.15) is 0 Å². The molecule has 0 aliphatic rings. The summed E-state index contributed by atoms with van der Waals surface area (Å²) in [6, 6.07) is 1.23. The lowest BCUT2D eigenvalue weighted by atomic mass is 10.2. The molecule has 0 fully saturated rings. The number of nitrogens with zero attached hydrogens (tertiary/aromatic N) is 1. The van der Waals surface area contributed by atoms with Gasteiger partial charge in [0.2, 0.25) is 5.91 Å². The maximum absolute atomic E-state index is 10.1. The lowest BCUT2D eigenvalue weighted by Gasteiger charge is -1.96. The van der Waals surface area contributed by atoms with Gasteiger partial charge in [-0.15, -0.1) is 0 Å². The smallest absolute Gasteiger partial charge is 0.217 e. The van der Waals surface area contributed by atoms with Gasteiger partial charge in [0.15, 0.2) is 0 Å². The molecule has 0 spiro atoms. The highest BCUT2D eigenvalue weighted by atomic mass is 16.1. The fourth-order valence-corrected chi connectivity index (χ4v) is 0.362. The Morgan fingerprint density at radius 3 is 2.67 bits per heavy atom. The lowest BCUT2D eigenvalue weighted by Crippen LogP contribution is -2.20. The highest BCUT2D eigenvalue weighted by molar-refractivity contribution is 5.73. The SMILES string of the molecule is N#C[C@@H](N)CCC(N)=O. The van der Waals surface area contributed by atoms with Crippen LogP contribution in [0.2, 0.25) is 0 Å². The third-order valence-electron chi connectivity index (χ3n) is 0.868. The Morgan fingerprint density at radius 1 is 1.78 bits per heavy atom. The fraction of sp³-hybridized carbons (Fsp3) is 0.600. The summed E-state index contributed by atoms with van der Waals surface area (Å²) in [5, 5.41) is 8.12. The van der Waals surface area contributed by atoms with Crippen molar-refractivity contribution in [2.24, 2.45) is 11.5 Å². The predicted molar refractivity (Wildman–Crippen MR) is 32.0 cm³/mol. The largest absolute Gasteiger partial charge is 0.370 e. The van der Waals surface area contributed by atoms with E-state index in [2.05, 4.69) is 0 Å². The molecular weight excluding hydrogens is 118 g/mol. The van der Waals surface area contributed by atoms with Gasteiger partial charge in [-0.05, 0) is 6.42 Å². The van der Waals surface area contributed by atoms with Gasteiger partial charge in [0.05, 0.1) is 12.1 Å². The fourth-order valence-electron chi connectivity index (χ4n) is 0.362. The molecule has 0 saturated carbocycles. The Labute approximate surface area is 53.4 Å². The number of hydrogen-bond acceptors (Lipinski definition) is 3. The number of amides is 1. The Balaban J connectivity index is 3.30. The van der Waals surface area contributed by atoms with Crippen molar-refractivity contribution in [3.8, 4) is 6.07 Å². The first kappa shape index (κ1) is 7.92. The van der Waals surface area contributed by atoms with Crippen molar-refractivity contribution >= 4 is 5.91 Å². The van der Waals surface area contributed by atoms with Crippen LogP contribution in [0.1, 0.15) is 12.8 Å². The molecule has 4 heteroatoms. The molecule has 0 rings (SSSR count).